The number of hydrogen-bond donors (Lipinski definition) is 3. The van der Waals surface area contributed by atoms with Crippen molar-refractivity contribution in [3.8, 4) is 17.2 Å². The van der Waals surface area contributed by atoms with Crippen LogP contribution in [0, 0.1) is 0 Å². The van der Waals surface area contributed by atoms with Crippen molar-refractivity contribution in [3.05, 3.63) is 54.6 Å². The lowest BCUT2D eigenvalue weighted by molar-refractivity contribution is -0.137. The van der Waals surface area contributed by atoms with E-state index >= 15 is 0 Å². The van der Waals surface area contributed by atoms with Gasteiger partial charge in [0.1, 0.15) is 11.5 Å². The first-order valence-corrected chi connectivity index (χ1v) is 4.57. The number of benzene rings is 2. The van der Waals surface area contributed by atoms with Gasteiger partial charge >= 0.3 is 0 Å². The van der Waals surface area contributed by atoms with Gasteiger partial charge < -0.3 is 15.1 Å². The van der Waals surface area contributed by atoms with E-state index in [1.54, 1.807) is 30.3 Å². The molecule has 16 heavy (non-hydrogen) atoms. The van der Waals surface area contributed by atoms with Crippen LogP contribution in [0.1, 0.15) is 0 Å². The van der Waals surface area contributed by atoms with E-state index in [1.807, 2.05) is 6.07 Å². The van der Waals surface area contributed by atoms with Crippen LogP contribution in [0.5, 0.6) is 17.2 Å². The SMILES string of the molecule is OOc1ccccc1.Oc1cccc(O)c1. The first-order valence-electron chi connectivity index (χ1n) is 4.57. The predicted molar refractivity (Wildman–Crippen MR) is 59.5 cm³/mol. The zero-order valence-electron chi connectivity index (χ0n) is 8.45. The predicted octanol–water partition coefficient (Wildman–Crippen LogP) is 2.64. The summed E-state index contributed by atoms with van der Waals surface area (Å²) in [5, 5.41) is 25.3. The lowest BCUT2D eigenvalue weighted by Gasteiger charge is -1.90. The Bertz CT molecular complexity index is 397. The summed E-state index contributed by atoms with van der Waals surface area (Å²) in [6.45, 7) is 0. The lowest BCUT2D eigenvalue weighted by Crippen LogP contribution is -1.79. The molecule has 4 heteroatoms. The minimum Gasteiger partial charge on any atom is -0.508 e. The largest absolute Gasteiger partial charge is 0.508 e. The first-order chi connectivity index (χ1) is 7.72. The van der Waals surface area contributed by atoms with Crippen molar-refractivity contribution in [1.82, 2.24) is 0 Å². The van der Waals surface area contributed by atoms with E-state index < -0.39 is 0 Å². The highest BCUT2D eigenvalue weighted by atomic mass is 17.1. The number of aromatic hydroxyl groups is 2. The minimum atomic E-state index is 0.0880. The summed E-state index contributed by atoms with van der Waals surface area (Å²) in [7, 11) is 0. The second kappa shape index (κ2) is 6.31. The van der Waals surface area contributed by atoms with Crippen LogP contribution >= 0.6 is 0 Å². The molecule has 0 amide bonds. The van der Waals surface area contributed by atoms with E-state index in [2.05, 4.69) is 4.89 Å². The van der Waals surface area contributed by atoms with Gasteiger partial charge in [-0.25, -0.2) is 5.26 Å². The second-order valence-corrected chi connectivity index (χ2v) is 2.92. The summed E-state index contributed by atoms with van der Waals surface area (Å²) in [6.07, 6.45) is 0. The maximum atomic E-state index is 8.65. The van der Waals surface area contributed by atoms with E-state index in [-0.39, 0.29) is 11.5 Å². The third-order valence-corrected chi connectivity index (χ3v) is 1.68. The van der Waals surface area contributed by atoms with E-state index in [0.717, 1.165) is 0 Å². The van der Waals surface area contributed by atoms with Crippen molar-refractivity contribution in [1.29, 1.82) is 0 Å². The third kappa shape index (κ3) is 4.34. The van der Waals surface area contributed by atoms with Crippen molar-refractivity contribution in [3.63, 3.8) is 0 Å². The fourth-order valence-electron chi connectivity index (χ4n) is 0.974. The molecule has 0 heterocycles. The highest BCUT2D eigenvalue weighted by Gasteiger charge is 1.85. The lowest BCUT2D eigenvalue weighted by atomic mass is 10.3. The standard InChI is InChI=1S/2C6H6O2/c7-5-2-1-3-6(8)4-5;7-8-6-4-2-1-3-5-6/h1-4,7-8H;1-5,7H. The van der Waals surface area contributed by atoms with Gasteiger partial charge in [-0.15, -0.1) is 0 Å². The van der Waals surface area contributed by atoms with E-state index in [0.29, 0.717) is 5.75 Å². The Morgan fingerprint density at radius 1 is 0.750 bits per heavy atom. The van der Waals surface area contributed by atoms with Crippen LogP contribution in [0.3, 0.4) is 0 Å². The van der Waals surface area contributed by atoms with Crippen molar-refractivity contribution >= 4 is 0 Å². The minimum absolute atomic E-state index is 0.0880. The van der Waals surface area contributed by atoms with Gasteiger partial charge in [-0.2, -0.15) is 0 Å². The van der Waals surface area contributed by atoms with Gasteiger partial charge in [0.2, 0.25) is 0 Å². The van der Waals surface area contributed by atoms with Gasteiger partial charge in [0.15, 0.2) is 5.75 Å². The summed E-state index contributed by atoms with van der Waals surface area (Å²) < 4.78 is 0. The molecule has 4 nitrogen and oxygen atoms in total. The second-order valence-electron chi connectivity index (χ2n) is 2.92. The summed E-state index contributed by atoms with van der Waals surface area (Å²) in [4.78, 5) is 3.91. The van der Waals surface area contributed by atoms with Gasteiger partial charge in [0.05, 0.1) is 0 Å². The Morgan fingerprint density at radius 2 is 1.31 bits per heavy atom. The number of hydrogen-bond acceptors (Lipinski definition) is 4. The van der Waals surface area contributed by atoms with Gasteiger partial charge in [-0.1, -0.05) is 24.3 Å². The molecule has 2 rings (SSSR count). The Labute approximate surface area is 92.9 Å². The quantitative estimate of drug-likeness (QED) is 0.510. The molecule has 0 aliphatic carbocycles. The van der Waals surface area contributed by atoms with Crippen LogP contribution < -0.4 is 4.89 Å². The molecule has 0 saturated heterocycles. The van der Waals surface area contributed by atoms with Crippen LogP contribution in [0.2, 0.25) is 0 Å². The Kier molecular flexibility index (Phi) is 4.69. The molecule has 0 aliphatic heterocycles. The first kappa shape index (κ1) is 11.9. The van der Waals surface area contributed by atoms with Gasteiger partial charge in [0.25, 0.3) is 0 Å². The molecule has 0 unspecified atom stereocenters. The van der Waals surface area contributed by atoms with Crippen LogP contribution in [-0.2, 0) is 0 Å². The number of para-hydroxylation sites is 1. The Balaban J connectivity index is 0.000000160. The van der Waals surface area contributed by atoms with Crippen molar-refractivity contribution < 1.29 is 20.4 Å². The maximum Gasteiger partial charge on any atom is 0.165 e. The summed E-state index contributed by atoms with van der Waals surface area (Å²) >= 11 is 0. The zero-order chi connectivity index (χ0) is 11.8. The molecule has 0 radical (unpaired) electrons. The molecule has 2 aromatic carbocycles. The van der Waals surface area contributed by atoms with E-state index in [9.17, 15) is 0 Å². The molecule has 2 aromatic rings. The smallest absolute Gasteiger partial charge is 0.165 e. The molecule has 3 N–H and O–H groups in total. The molecular weight excluding hydrogens is 208 g/mol. The monoisotopic (exact) mass is 220 g/mol. The van der Waals surface area contributed by atoms with Gasteiger partial charge in [-0.3, -0.25) is 0 Å². The van der Waals surface area contributed by atoms with Crippen LogP contribution in [0.15, 0.2) is 54.6 Å². The number of phenolic OH excluding ortho intramolecular Hbond substituents is 2. The zero-order valence-corrected chi connectivity index (χ0v) is 8.45. The summed E-state index contributed by atoms with van der Waals surface area (Å²) in [5.41, 5.74) is 0. The number of rotatable bonds is 1. The van der Waals surface area contributed by atoms with Crippen molar-refractivity contribution in [2.75, 3.05) is 0 Å². The highest BCUT2D eigenvalue weighted by molar-refractivity contribution is 5.30. The molecule has 0 saturated carbocycles. The average Bonchev–Trinajstić information content (AvgIpc) is 2.31. The normalized spacial score (nSPS) is 8.81. The summed E-state index contributed by atoms with van der Waals surface area (Å²) in [5.74, 6) is 0.641. The fraction of sp³-hybridized carbons (Fsp3) is 0. The topological polar surface area (TPSA) is 69.9 Å². The average molecular weight is 220 g/mol. The molecule has 0 atom stereocenters. The summed E-state index contributed by atoms with van der Waals surface area (Å²) in [6, 6.07) is 14.6. The molecule has 0 bridgehead atoms. The Hall–Kier alpha value is -2.20. The van der Waals surface area contributed by atoms with E-state index in [1.165, 1.54) is 18.2 Å². The molecule has 0 fully saturated rings. The number of phenols is 2. The van der Waals surface area contributed by atoms with Crippen LogP contribution in [-0.4, -0.2) is 15.5 Å². The van der Waals surface area contributed by atoms with Crippen LogP contribution in [0.4, 0.5) is 0 Å². The van der Waals surface area contributed by atoms with Crippen molar-refractivity contribution in [2.45, 2.75) is 0 Å². The Morgan fingerprint density at radius 3 is 1.62 bits per heavy atom. The van der Waals surface area contributed by atoms with Gasteiger partial charge in [-0.05, 0) is 24.3 Å². The van der Waals surface area contributed by atoms with Crippen LogP contribution in [0.25, 0.3) is 0 Å². The highest BCUT2D eigenvalue weighted by Crippen LogP contribution is 2.14. The van der Waals surface area contributed by atoms with Crippen molar-refractivity contribution in [2.24, 2.45) is 0 Å². The van der Waals surface area contributed by atoms with E-state index in [4.69, 9.17) is 15.5 Å². The molecule has 0 spiro atoms. The van der Waals surface area contributed by atoms with Gasteiger partial charge in [0, 0.05) is 6.07 Å². The fourth-order valence-corrected chi connectivity index (χ4v) is 0.974. The maximum absolute atomic E-state index is 8.65. The molecular formula is C12H12O4. The molecule has 0 aromatic heterocycles. The third-order valence-electron chi connectivity index (χ3n) is 1.68. The molecule has 0 aliphatic rings. The molecule has 84 valence electrons.